The minimum absolute atomic E-state index is 0.319. The summed E-state index contributed by atoms with van der Waals surface area (Å²) in [5, 5.41) is 12.8. The fourth-order valence-electron chi connectivity index (χ4n) is 2.20. The maximum atomic E-state index is 9.27. The van der Waals surface area contributed by atoms with Gasteiger partial charge in [-0.1, -0.05) is 31.2 Å². The number of aryl methyl sites for hydroxylation is 1. The van der Waals surface area contributed by atoms with Crippen LogP contribution in [0.5, 0.6) is 5.75 Å². The Morgan fingerprint density at radius 1 is 1.05 bits per heavy atom. The van der Waals surface area contributed by atoms with Crippen LogP contribution in [0.2, 0.25) is 0 Å². The average molecular weight is 255 g/mol. The molecule has 0 radical (unpaired) electrons. The highest BCUT2D eigenvalue weighted by Gasteiger charge is 2.04. The van der Waals surface area contributed by atoms with E-state index in [1.165, 1.54) is 16.8 Å². The zero-order chi connectivity index (χ0) is 13.7. The van der Waals surface area contributed by atoms with E-state index in [1.807, 2.05) is 12.1 Å². The predicted octanol–water partition coefficient (Wildman–Crippen LogP) is 4.00. The second-order valence-corrected chi connectivity index (χ2v) is 4.97. The van der Waals surface area contributed by atoms with Crippen LogP contribution < -0.4 is 5.32 Å². The van der Waals surface area contributed by atoms with Gasteiger partial charge >= 0.3 is 0 Å². The van der Waals surface area contributed by atoms with Crippen molar-refractivity contribution in [1.29, 1.82) is 0 Å². The Kier molecular flexibility index (Phi) is 4.45. The summed E-state index contributed by atoms with van der Waals surface area (Å²) in [6, 6.07) is 16.3. The van der Waals surface area contributed by atoms with Crippen molar-refractivity contribution in [3.8, 4) is 5.75 Å². The van der Waals surface area contributed by atoms with E-state index in [-0.39, 0.29) is 0 Å². The van der Waals surface area contributed by atoms with E-state index >= 15 is 0 Å². The summed E-state index contributed by atoms with van der Waals surface area (Å²) in [6.07, 6.45) is 2.00. The fourth-order valence-corrected chi connectivity index (χ4v) is 2.20. The molecule has 2 nitrogen and oxygen atoms in total. The molecule has 2 rings (SSSR count). The van der Waals surface area contributed by atoms with Crippen LogP contribution in [0.15, 0.2) is 48.5 Å². The van der Waals surface area contributed by atoms with Gasteiger partial charge in [0.05, 0.1) is 0 Å². The third-order valence-electron chi connectivity index (χ3n) is 3.23. The molecular formula is C17H21NO. The topological polar surface area (TPSA) is 32.3 Å². The number of benzene rings is 2. The van der Waals surface area contributed by atoms with Gasteiger partial charge in [-0.2, -0.15) is 0 Å². The SMILES string of the molecule is CCc1cccc(NC(C)Cc2ccc(O)cc2)c1. The first kappa shape index (κ1) is 13.5. The van der Waals surface area contributed by atoms with Gasteiger partial charge in [0, 0.05) is 11.7 Å². The standard InChI is InChI=1S/C17H21NO/c1-3-14-5-4-6-16(12-14)18-13(2)11-15-7-9-17(19)10-8-15/h4-10,12-13,18-19H,3,11H2,1-2H3. The first-order valence-corrected chi connectivity index (χ1v) is 6.80. The normalized spacial score (nSPS) is 12.1. The van der Waals surface area contributed by atoms with E-state index in [2.05, 4.69) is 43.4 Å². The molecule has 2 N–H and O–H groups in total. The summed E-state index contributed by atoms with van der Waals surface area (Å²) < 4.78 is 0. The van der Waals surface area contributed by atoms with Gasteiger partial charge in [0.15, 0.2) is 0 Å². The number of anilines is 1. The van der Waals surface area contributed by atoms with Crippen LogP contribution in [0.25, 0.3) is 0 Å². The van der Waals surface area contributed by atoms with Gasteiger partial charge < -0.3 is 10.4 Å². The lowest BCUT2D eigenvalue weighted by molar-refractivity contribution is 0.475. The van der Waals surface area contributed by atoms with E-state index < -0.39 is 0 Å². The summed E-state index contributed by atoms with van der Waals surface area (Å²) in [7, 11) is 0. The Labute approximate surface area is 115 Å². The molecule has 0 spiro atoms. The summed E-state index contributed by atoms with van der Waals surface area (Å²) in [6.45, 7) is 4.34. The Hall–Kier alpha value is -1.96. The summed E-state index contributed by atoms with van der Waals surface area (Å²) >= 11 is 0. The monoisotopic (exact) mass is 255 g/mol. The maximum Gasteiger partial charge on any atom is 0.115 e. The molecule has 0 saturated heterocycles. The molecule has 0 aliphatic rings. The van der Waals surface area contributed by atoms with Crippen molar-refractivity contribution in [1.82, 2.24) is 0 Å². The van der Waals surface area contributed by atoms with Crippen LogP contribution in [0.4, 0.5) is 5.69 Å². The van der Waals surface area contributed by atoms with Crippen LogP contribution in [0.1, 0.15) is 25.0 Å². The number of hydrogen-bond acceptors (Lipinski definition) is 2. The second-order valence-electron chi connectivity index (χ2n) is 4.97. The molecular weight excluding hydrogens is 234 g/mol. The fraction of sp³-hybridized carbons (Fsp3) is 0.294. The van der Waals surface area contributed by atoms with Crippen LogP contribution in [0, 0.1) is 0 Å². The van der Waals surface area contributed by atoms with E-state index in [0.717, 1.165) is 12.8 Å². The van der Waals surface area contributed by atoms with Crippen molar-refractivity contribution in [2.45, 2.75) is 32.7 Å². The molecule has 0 heterocycles. The summed E-state index contributed by atoms with van der Waals surface area (Å²) in [5.74, 6) is 0.319. The smallest absolute Gasteiger partial charge is 0.115 e. The Bertz CT molecular complexity index is 519. The van der Waals surface area contributed by atoms with E-state index in [9.17, 15) is 5.11 Å². The van der Waals surface area contributed by atoms with Crippen LogP contribution in [0.3, 0.4) is 0 Å². The molecule has 0 aromatic heterocycles. The molecule has 0 bridgehead atoms. The van der Waals surface area contributed by atoms with Gasteiger partial charge in [-0.3, -0.25) is 0 Å². The van der Waals surface area contributed by atoms with Crippen molar-refractivity contribution >= 4 is 5.69 Å². The number of aromatic hydroxyl groups is 1. The number of phenolic OH excluding ortho intramolecular Hbond substituents is 1. The minimum atomic E-state index is 0.319. The summed E-state index contributed by atoms with van der Waals surface area (Å²) in [4.78, 5) is 0. The largest absolute Gasteiger partial charge is 0.508 e. The molecule has 2 aromatic rings. The molecule has 2 heteroatoms. The van der Waals surface area contributed by atoms with E-state index in [0.29, 0.717) is 11.8 Å². The lowest BCUT2D eigenvalue weighted by Gasteiger charge is -2.16. The molecule has 2 aromatic carbocycles. The van der Waals surface area contributed by atoms with Gasteiger partial charge in [0.2, 0.25) is 0 Å². The first-order valence-electron chi connectivity index (χ1n) is 6.80. The third-order valence-corrected chi connectivity index (χ3v) is 3.23. The predicted molar refractivity (Wildman–Crippen MR) is 80.7 cm³/mol. The van der Waals surface area contributed by atoms with Gasteiger partial charge in [0.25, 0.3) is 0 Å². The lowest BCUT2D eigenvalue weighted by atomic mass is 10.1. The van der Waals surface area contributed by atoms with E-state index in [1.54, 1.807) is 12.1 Å². The quantitative estimate of drug-likeness (QED) is 0.846. The van der Waals surface area contributed by atoms with Gasteiger partial charge in [-0.15, -0.1) is 0 Å². The van der Waals surface area contributed by atoms with Crippen molar-refractivity contribution < 1.29 is 5.11 Å². The number of phenols is 1. The molecule has 0 amide bonds. The molecule has 100 valence electrons. The second kappa shape index (κ2) is 6.28. The molecule has 1 atom stereocenters. The number of rotatable bonds is 5. The number of hydrogen-bond donors (Lipinski definition) is 2. The lowest BCUT2D eigenvalue weighted by Crippen LogP contribution is -2.18. The third kappa shape index (κ3) is 4.02. The van der Waals surface area contributed by atoms with Gasteiger partial charge in [0.1, 0.15) is 5.75 Å². The highest BCUT2D eigenvalue weighted by molar-refractivity contribution is 5.46. The number of nitrogens with one attached hydrogen (secondary N) is 1. The highest BCUT2D eigenvalue weighted by Crippen LogP contribution is 2.15. The highest BCUT2D eigenvalue weighted by atomic mass is 16.3. The molecule has 1 unspecified atom stereocenters. The van der Waals surface area contributed by atoms with Crippen molar-refractivity contribution in [2.24, 2.45) is 0 Å². The Morgan fingerprint density at radius 2 is 1.79 bits per heavy atom. The summed E-state index contributed by atoms with van der Waals surface area (Å²) in [5.41, 5.74) is 3.75. The molecule has 0 aliphatic carbocycles. The first-order chi connectivity index (χ1) is 9.17. The molecule has 0 fully saturated rings. The van der Waals surface area contributed by atoms with Gasteiger partial charge in [-0.05, 0) is 55.2 Å². The van der Waals surface area contributed by atoms with Crippen LogP contribution in [-0.2, 0) is 12.8 Å². The minimum Gasteiger partial charge on any atom is -0.508 e. The molecule has 0 aliphatic heterocycles. The molecule has 19 heavy (non-hydrogen) atoms. The van der Waals surface area contributed by atoms with Gasteiger partial charge in [-0.25, -0.2) is 0 Å². The van der Waals surface area contributed by atoms with Crippen molar-refractivity contribution in [3.05, 3.63) is 59.7 Å². The average Bonchev–Trinajstić information content (AvgIpc) is 2.41. The zero-order valence-corrected chi connectivity index (χ0v) is 11.6. The Balaban J connectivity index is 1.96. The van der Waals surface area contributed by atoms with Crippen LogP contribution in [-0.4, -0.2) is 11.1 Å². The van der Waals surface area contributed by atoms with Crippen molar-refractivity contribution in [2.75, 3.05) is 5.32 Å². The molecule has 0 saturated carbocycles. The Morgan fingerprint density at radius 3 is 2.47 bits per heavy atom. The van der Waals surface area contributed by atoms with Crippen LogP contribution >= 0.6 is 0 Å². The zero-order valence-electron chi connectivity index (χ0n) is 11.6. The maximum absolute atomic E-state index is 9.27. The van der Waals surface area contributed by atoms with Crippen molar-refractivity contribution in [3.63, 3.8) is 0 Å². The van der Waals surface area contributed by atoms with E-state index in [4.69, 9.17) is 0 Å².